The van der Waals surface area contributed by atoms with Crippen molar-refractivity contribution in [1.82, 2.24) is 9.91 Å². The van der Waals surface area contributed by atoms with Gasteiger partial charge >= 0.3 is 12.2 Å². The molecule has 0 aromatic rings. The Kier molecular flexibility index (Phi) is 5.89. The molecule has 1 rings (SSSR count). The third-order valence-corrected chi connectivity index (χ3v) is 5.12. The van der Waals surface area contributed by atoms with Crippen molar-refractivity contribution < 1.29 is 22.0 Å². The molecule has 130 valence electrons. The topological polar surface area (TPSA) is 18.8 Å². The Hall–Kier alpha value is 0.370. The van der Waals surface area contributed by atoms with E-state index in [4.69, 9.17) is 58.0 Å². The van der Waals surface area contributed by atoms with Crippen LogP contribution in [0.15, 0.2) is 5.10 Å². The van der Waals surface area contributed by atoms with E-state index < -0.39 is 31.4 Å². The predicted octanol–water partition coefficient (Wildman–Crippen LogP) is 4.98. The van der Waals surface area contributed by atoms with Crippen LogP contribution in [0, 0.1) is 0 Å². The molecule has 1 aliphatic heterocycles. The van der Waals surface area contributed by atoms with Crippen LogP contribution in [0.1, 0.15) is 13.3 Å². The summed E-state index contributed by atoms with van der Waals surface area (Å²) in [7, 11) is 0. The SMILES string of the molecule is CCCN1N=CN(C(F)(F)C(F)(F)F)C1C(Cl)(Cl)C(Cl)(Cl)Cl. The quantitative estimate of drug-likeness (QED) is 0.355. The van der Waals surface area contributed by atoms with Crippen molar-refractivity contribution in [3.05, 3.63) is 0 Å². The minimum absolute atomic E-state index is 0.0342. The van der Waals surface area contributed by atoms with Crippen LogP contribution in [0.25, 0.3) is 0 Å². The summed E-state index contributed by atoms with van der Waals surface area (Å²) >= 11 is 28.2. The largest absolute Gasteiger partial charge is 0.475 e. The summed E-state index contributed by atoms with van der Waals surface area (Å²) < 4.78 is 59.9. The molecular formula is C9H9Cl5F5N3. The molecule has 0 aromatic carbocycles. The number of rotatable bonds is 4. The van der Waals surface area contributed by atoms with Crippen LogP contribution in [0.5, 0.6) is 0 Å². The van der Waals surface area contributed by atoms with E-state index in [1.54, 1.807) is 6.92 Å². The average Bonchev–Trinajstić information content (AvgIpc) is 2.71. The Morgan fingerprint density at radius 1 is 1.05 bits per heavy atom. The van der Waals surface area contributed by atoms with E-state index in [1.165, 1.54) is 0 Å². The first-order chi connectivity index (χ1) is 9.68. The Bertz CT molecular complexity index is 436. The smallest absolute Gasteiger partial charge is 0.270 e. The number of hydrogen-bond donors (Lipinski definition) is 0. The first-order valence-electron chi connectivity index (χ1n) is 5.66. The maximum absolute atomic E-state index is 13.7. The zero-order chi connectivity index (χ0) is 17.6. The van der Waals surface area contributed by atoms with Crippen LogP contribution in [0.3, 0.4) is 0 Å². The maximum atomic E-state index is 13.7. The Balaban J connectivity index is 3.32. The summed E-state index contributed by atoms with van der Waals surface area (Å²) in [4.78, 5) is -0.468. The van der Waals surface area contributed by atoms with Crippen LogP contribution in [-0.2, 0) is 0 Å². The minimum atomic E-state index is -5.91. The van der Waals surface area contributed by atoms with Crippen molar-refractivity contribution >= 4 is 64.3 Å². The van der Waals surface area contributed by atoms with Gasteiger partial charge in [-0.1, -0.05) is 64.9 Å². The number of hydrogen-bond acceptors (Lipinski definition) is 3. The highest BCUT2D eigenvalue weighted by Crippen LogP contribution is 2.53. The van der Waals surface area contributed by atoms with Gasteiger partial charge in [-0.3, -0.25) is 9.91 Å². The molecule has 0 fully saturated rings. The van der Waals surface area contributed by atoms with Crippen LogP contribution in [0.2, 0.25) is 0 Å². The molecule has 1 atom stereocenters. The molecule has 0 aromatic heterocycles. The Labute approximate surface area is 147 Å². The van der Waals surface area contributed by atoms with Gasteiger partial charge < -0.3 is 0 Å². The van der Waals surface area contributed by atoms with Gasteiger partial charge in [-0.2, -0.15) is 27.1 Å². The lowest BCUT2D eigenvalue weighted by Crippen LogP contribution is -2.64. The second-order valence-electron chi connectivity index (χ2n) is 4.33. The highest BCUT2D eigenvalue weighted by Gasteiger charge is 2.69. The average molecular weight is 431 g/mol. The summed E-state index contributed by atoms with van der Waals surface area (Å²) in [5.74, 6) is 0. The first-order valence-corrected chi connectivity index (χ1v) is 7.55. The molecule has 1 aliphatic rings. The van der Waals surface area contributed by atoms with Crippen molar-refractivity contribution in [3.8, 4) is 0 Å². The van der Waals surface area contributed by atoms with Crippen LogP contribution in [0.4, 0.5) is 22.0 Å². The van der Waals surface area contributed by atoms with E-state index in [9.17, 15) is 22.0 Å². The molecule has 1 unspecified atom stereocenters. The lowest BCUT2D eigenvalue weighted by molar-refractivity contribution is -0.334. The fraction of sp³-hybridized carbons (Fsp3) is 0.889. The van der Waals surface area contributed by atoms with Crippen molar-refractivity contribution in [2.75, 3.05) is 6.54 Å². The monoisotopic (exact) mass is 429 g/mol. The molecule has 0 radical (unpaired) electrons. The van der Waals surface area contributed by atoms with Gasteiger partial charge in [-0.25, -0.2) is 0 Å². The molecule has 3 nitrogen and oxygen atoms in total. The van der Waals surface area contributed by atoms with Gasteiger partial charge in [-0.05, 0) is 6.42 Å². The van der Waals surface area contributed by atoms with Crippen LogP contribution >= 0.6 is 58.0 Å². The van der Waals surface area contributed by atoms with E-state index in [0.717, 1.165) is 5.01 Å². The summed E-state index contributed by atoms with van der Waals surface area (Å²) in [6.07, 6.45) is -7.33. The molecule has 13 heteroatoms. The first kappa shape index (κ1) is 20.4. The molecule has 0 N–H and O–H groups in total. The summed E-state index contributed by atoms with van der Waals surface area (Å²) in [5, 5.41) is 4.26. The van der Waals surface area contributed by atoms with Crippen LogP contribution in [-0.4, -0.2) is 49.3 Å². The summed E-state index contributed by atoms with van der Waals surface area (Å²) in [6, 6.07) is -5.31. The number of alkyl halides is 10. The fourth-order valence-corrected chi connectivity index (χ4v) is 2.41. The third kappa shape index (κ3) is 3.55. The van der Waals surface area contributed by atoms with Gasteiger partial charge in [0.05, 0.1) is 0 Å². The van der Waals surface area contributed by atoms with Gasteiger partial charge in [0.1, 0.15) is 6.34 Å². The normalized spacial score (nSPS) is 21.0. The minimum Gasteiger partial charge on any atom is -0.270 e. The molecular weight excluding hydrogens is 422 g/mol. The molecule has 0 saturated carbocycles. The highest BCUT2D eigenvalue weighted by atomic mass is 35.6. The van der Waals surface area contributed by atoms with E-state index in [0.29, 0.717) is 6.42 Å². The zero-order valence-corrected chi connectivity index (χ0v) is 14.5. The van der Waals surface area contributed by atoms with Gasteiger partial charge in [-0.15, -0.1) is 0 Å². The van der Waals surface area contributed by atoms with Crippen LogP contribution < -0.4 is 0 Å². The van der Waals surface area contributed by atoms with Crippen molar-refractivity contribution in [1.29, 1.82) is 0 Å². The van der Waals surface area contributed by atoms with Crippen molar-refractivity contribution in [2.24, 2.45) is 5.10 Å². The number of nitrogens with zero attached hydrogens (tertiary/aromatic N) is 3. The second-order valence-corrected chi connectivity index (χ2v) is 8.00. The lowest BCUT2D eigenvalue weighted by Gasteiger charge is -2.43. The molecule has 0 aliphatic carbocycles. The summed E-state index contributed by atoms with van der Waals surface area (Å²) in [6.45, 7) is 1.60. The van der Waals surface area contributed by atoms with Gasteiger partial charge in [0.15, 0.2) is 6.17 Å². The van der Waals surface area contributed by atoms with Gasteiger partial charge in [0, 0.05) is 6.54 Å². The van der Waals surface area contributed by atoms with Gasteiger partial charge in [0.2, 0.25) is 8.13 Å². The predicted molar refractivity (Wildman–Crippen MR) is 76.8 cm³/mol. The van der Waals surface area contributed by atoms with E-state index in [2.05, 4.69) is 5.10 Å². The Morgan fingerprint density at radius 3 is 1.91 bits per heavy atom. The van der Waals surface area contributed by atoms with Crippen molar-refractivity contribution in [2.45, 2.75) is 39.9 Å². The molecule has 22 heavy (non-hydrogen) atoms. The van der Waals surface area contributed by atoms with E-state index in [1.807, 2.05) is 0 Å². The molecule has 0 saturated heterocycles. The molecule has 0 spiro atoms. The maximum Gasteiger partial charge on any atom is 0.475 e. The lowest BCUT2D eigenvalue weighted by atomic mass is 10.2. The number of halogens is 10. The summed E-state index contributed by atoms with van der Waals surface area (Å²) in [5.41, 5.74) is 0. The zero-order valence-electron chi connectivity index (χ0n) is 10.7. The Morgan fingerprint density at radius 2 is 1.55 bits per heavy atom. The van der Waals surface area contributed by atoms with Crippen molar-refractivity contribution in [3.63, 3.8) is 0 Å². The van der Waals surface area contributed by atoms with Gasteiger partial charge in [0.25, 0.3) is 0 Å². The van der Waals surface area contributed by atoms with E-state index in [-0.39, 0.29) is 12.9 Å². The van der Waals surface area contributed by atoms with E-state index >= 15 is 0 Å². The standard InChI is InChI=1S/C9H9Cl5F5N3/c1-2-3-22-5(6(10,11)7(12,13)14)21(4-20-22)9(18,19)8(15,16)17/h4-5H,2-3H2,1H3. The highest BCUT2D eigenvalue weighted by molar-refractivity contribution is 6.75. The third-order valence-electron chi connectivity index (χ3n) is 2.69. The second kappa shape index (κ2) is 6.35. The number of hydrazone groups is 1. The molecule has 0 bridgehead atoms. The molecule has 0 amide bonds. The fourth-order valence-electron chi connectivity index (χ4n) is 1.68. The molecule has 1 heterocycles.